The molecule has 3 aliphatic rings. The first-order valence-electron chi connectivity index (χ1n) is 6.19. The van der Waals surface area contributed by atoms with Crippen LogP contribution in [0, 0.1) is 11.3 Å². The molecule has 1 aliphatic heterocycles. The van der Waals surface area contributed by atoms with E-state index in [1.165, 1.54) is 32.1 Å². The van der Waals surface area contributed by atoms with Crippen LogP contribution in [0.4, 0.5) is 0 Å². The van der Waals surface area contributed by atoms with Gasteiger partial charge in [0.25, 0.3) is 0 Å². The average Bonchev–Trinajstić information content (AvgIpc) is 2.95. The van der Waals surface area contributed by atoms with Crippen LogP contribution in [0.25, 0.3) is 0 Å². The number of amides is 1. The summed E-state index contributed by atoms with van der Waals surface area (Å²) in [7, 11) is 0. The first-order valence-corrected chi connectivity index (χ1v) is 6.19. The average molecular weight is 209 g/mol. The highest BCUT2D eigenvalue weighted by Crippen LogP contribution is 2.65. The van der Waals surface area contributed by atoms with Crippen molar-refractivity contribution in [3.63, 3.8) is 0 Å². The zero-order valence-corrected chi connectivity index (χ0v) is 9.13. The molecule has 1 amide bonds. The molecule has 1 saturated heterocycles. The molecule has 3 fully saturated rings. The van der Waals surface area contributed by atoms with Crippen LogP contribution in [-0.2, 0) is 9.53 Å². The standard InChI is InChI=1S/C12H19NO2/c14-11-10(2-7-13-11)15-8-3-9-1-4-12(9)5-6-12/h9-10H,1-8H2,(H,13,14). The van der Waals surface area contributed by atoms with Gasteiger partial charge in [0.1, 0.15) is 6.10 Å². The van der Waals surface area contributed by atoms with Crippen molar-refractivity contribution in [2.24, 2.45) is 11.3 Å². The van der Waals surface area contributed by atoms with Crippen molar-refractivity contribution in [2.45, 2.75) is 44.6 Å². The SMILES string of the molecule is O=C1NCCC1OCCC1CCC12CC2. The van der Waals surface area contributed by atoms with Gasteiger partial charge in [-0.15, -0.1) is 0 Å². The third kappa shape index (κ3) is 1.67. The molecule has 2 aliphatic carbocycles. The lowest BCUT2D eigenvalue weighted by atomic mass is 9.69. The zero-order valence-electron chi connectivity index (χ0n) is 9.13. The summed E-state index contributed by atoms with van der Waals surface area (Å²) in [5.41, 5.74) is 0.751. The lowest BCUT2D eigenvalue weighted by Crippen LogP contribution is -2.30. The molecule has 3 rings (SSSR count). The lowest BCUT2D eigenvalue weighted by molar-refractivity contribution is -0.129. The maximum Gasteiger partial charge on any atom is 0.249 e. The van der Waals surface area contributed by atoms with Crippen molar-refractivity contribution in [1.82, 2.24) is 5.32 Å². The smallest absolute Gasteiger partial charge is 0.249 e. The van der Waals surface area contributed by atoms with Crippen LogP contribution in [0.1, 0.15) is 38.5 Å². The molecule has 1 N–H and O–H groups in total. The Labute approximate surface area is 90.6 Å². The minimum absolute atomic E-state index is 0.0877. The van der Waals surface area contributed by atoms with Gasteiger partial charge in [0.2, 0.25) is 5.91 Å². The van der Waals surface area contributed by atoms with Gasteiger partial charge < -0.3 is 10.1 Å². The molecule has 2 saturated carbocycles. The van der Waals surface area contributed by atoms with Crippen molar-refractivity contribution in [3.05, 3.63) is 0 Å². The maximum absolute atomic E-state index is 11.2. The molecule has 0 aromatic rings. The molecule has 15 heavy (non-hydrogen) atoms. The summed E-state index contributed by atoms with van der Waals surface area (Å²) < 4.78 is 5.63. The van der Waals surface area contributed by atoms with E-state index < -0.39 is 0 Å². The number of carbonyl (C=O) groups excluding carboxylic acids is 1. The van der Waals surface area contributed by atoms with Gasteiger partial charge >= 0.3 is 0 Å². The van der Waals surface area contributed by atoms with Crippen molar-refractivity contribution >= 4 is 5.91 Å². The van der Waals surface area contributed by atoms with Crippen molar-refractivity contribution in [2.75, 3.05) is 13.2 Å². The Bertz CT molecular complexity index is 273. The van der Waals surface area contributed by atoms with Crippen molar-refractivity contribution < 1.29 is 9.53 Å². The summed E-state index contributed by atoms with van der Waals surface area (Å²) in [6, 6.07) is 0. The quantitative estimate of drug-likeness (QED) is 0.761. The molecule has 1 heterocycles. The molecular weight excluding hydrogens is 190 g/mol. The molecule has 3 nitrogen and oxygen atoms in total. The Hall–Kier alpha value is -0.570. The largest absolute Gasteiger partial charge is 0.368 e. The number of nitrogens with one attached hydrogen (secondary N) is 1. The second-order valence-electron chi connectivity index (χ2n) is 5.33. The van der Waals surface area contributed by atoms with Crippen LogP contribution in [0.15, 0.2) is 0 Å². The Morgan fingerprint density at radius 2 is 2.20 bits per heavy atom. The minimum atomic E-state index is -0.153. The Kier molecular flexibility index (Phi) is 2.23. The topological polar surface area (TPSA) is 38.3 Å². The summed E-state index contributed by atoms with van der Waals surface area (Å²) in [5, 5.41) is 2.80. The fourth-order valence-electron chi connectivity index (χ4n) is 3.11. The van der Waals surface area contributed by atoms with Gasteiger partial charge in [-0.25, -0.2) is 0 Å². The van der Waals surface area contributed by atoms with Gasteiger partial charge in [0.15, 0.2) is 0 Å². The molecule has 3 heteroatoms. The van der Waals surface area contributed by atoms with E-state index in [2.05, 4.69) is 5.32 Å². The highest BCUT2D eigenvalue weighted by Gasteiger charge is 2.54. The zero-order chi connectivity index (χ0) is 10.3. The highest BCUT2D eigenvalue weighted by molar-refractivity contribution is 5.82. The van der Waals surface area contributed by atoms with Crippen molar-refractivity contribution in [3.8, 4) is 0 Å². The van der Waals surface area contributed by atoms with Crippen LogP contribution in [-0.4, -0.2) is 25.2 Å². The molecule has 1 spiro atoms. The molecule has 0 aromatic carbocycles. The van der Waals surface area contributed by atoms with Gasteiger partial charge in [-0.05, 0) is 49.9 Å². The Balaban J connectivity index is 1.38. The Morgan fingerprint density at radius 3 is 2.73 bits per heavy atom. The molecule has 2 atom stereocenters. The van der Waals surface area contributed by atoms with E-state index in [9.17, 15) is 4.79 Å². The Morgan fingerprint density at radius 1 is 1.33 bits per heavy atom. The summed E-state index contributed by atoms with van der Waals surface area (Å²) >= 11 is 0. The highest BCUT2D eigenvalue weighted by atomic mass is 16.5. The first-order chi connectivity index (χ1) is 7.30. The number of rotatable bonds is 4. The number of hydrogen-bond donors (Lipinski definition) is 1. The fraction of sp³-hybridized carbons (Fsp3) is 0.917. The molecular formula is C12H19NO2. The predicted molar refractivity (Wildman–Crippen MR) is 56.4 cm³/mol. The maximum atomic E-state index is 11.2. The van der Waals surface area contributed by atoms with Crippen LogP contribution in [0.2, 0.25) is 0 Å². The summed E-state index contributed by atoms with van der Waals surface area (Å²) in [6.45, 7) is 1.57. The normalized spacial score (nSPS) is 36.4. The van der Waals surface area contributed by atoms with Crippen LogP contribution in [0.5, 0.6) is 0 Å². The third-order valence-corrected chi connectivity index (χ3v) is 4.53. The summed E-state index contributed by atoms with van der Waals surface area (Å²) in [4.78, 5) is 11.2. The number of ether oxygens (including phenoxy) is 1. The third-order valence-electron chi connectivity index (χ3n) is 4.53. The van der Waals surface area contributed by atoms with Gasteiger partial charge in [-0.3, -0.25) is 4.79 Å². The molecule has 84 valence electrons. The molecule has 0 bridgehead atoms. The lowest BCUT2D eigenvalue weighted by Gasteiger charge is -2.37. The van der Waals surface area contributed by atoms with E-state index in [0.29, 0.717) is 0 Å². The molecule has 0 radical (unpaired) electrons. The predicted octanol–water partition coefficient (Wildman–Crippen LogP) is 1.47. The molecule has 2 unspecified atom stereocenters. The van der Waals surface area contributed by atoms with E-state index in [1.54, 1.807) is 0 Å². The summed E-state index contributed by atoms with van der Waals surface area (Å²) in [6.07, 6.45) is 7.60. The fourth-order valence-corrected chi connectivity index (χ4v) is 3.11. The van der Waals surface area contributed by atoms with E-state index in [0.717, 1.165) is 30.9 Å². The first kappa shape index (κ1) is 9.64. The monoisotopic (exact) mass is 209 g/mol. The van der Waals surface area contributed by atoms with E-state index in [1.807, 2.05) is 0 Å². The van der Waals surface area contributed by atoms with Gasteiger partial charge in [-0.1, -0.05) is 0 Å². The van der Waals surface area contributed by atoms with Crippen LogP contribution >= 0.6 is 0 Å². The second-order valence-corrected chi connectivity index (χ2v) is 5.33. The number of carbonyl (C=O) groups is 1. The molecule has 0 aromatic heterocycles. The van der Waals surface area contributed by atoms with Gasteiger partial charge in [-0.2, -0.15) is 0 Å². The van der Waals surface area contributed by atoms with E-state index in [4.69, 9.17) is 4.74 Å². The van der Waals surface area contributed by atoms with Crippen LogP contribution < -0.4 is 5.32 Å². The van der Waals surface area contributed by atoms with Gasteiger partial charge in [0, 0.05) is 13.2 Å². The van der Waals surface area contributed by atoms with E-state index >= 15 is 0 Å². The number of hydrogen-bond acceptors (Lipinski definition) is 2. The second kappa shape index (κ2) is 3.48. The summed E-state index contributed by atoms with van der Waals surface area (Å²) in [5.74, 6) is 0.992. The van der Waals surface area contributed by atoms with Gasteiger partial charge in [0.05, 0.1) is 0 Å². The van der Waals surface area contributed by atoms with E-state index in [-0.39, 0.29) is 12.0 Å². The minimum Gasteiger partial charge on any atom is -0.368 e. The van der Waals surface area contributed by atoms with Crippen LogP contribution in [0.3, 0.4) is 0 Å². The van der Waals surface area contributed by atoms with Crippen molar-refractivity contribution in [1.29, 1.82) is 0 Å².